The number of fused-ring (bicyclic) bond motifs is 2. The van der Waals surface area contributed by atoms with Crippen molar-refractivity contribution in [3.63, 3.8) is 0 Å². The molecule has 0 atom stereocenters. The van der Waals surface area contributed by atoms with E-state index in [-0.39, 0.29) is 0 Å². The third-order valence-corrected chi connectivity index (χ3v) is 31.1. The van der Waals surface area contributed by atoms with Gasteiger partial charge in [-0.25, -0.2) is 4.21 Å². The van der Waals surface area contributed by atoms with E-state index < -0.39 is 43.1 Å². The molecule has 1 aromatic carbocycles. The van der Waals surface area contributed by atoms with Gasteiger partial charge >= 0.3 is 0 Å². The summed E-state index contributed by atoms with van der Waals surface area (Å²) in [6.07, 6.45) is 0. The van der Waals surface area contributed by atoms with Crippen molar-refractivity contribution in [2.24, 2.45) is 0 Å². The van der Waals surface area contributed by atoms with E-state index in [9.17, 15) is 4.21 Å². The minimum atomic E-state index is -1.71. The van der Waals surface area contributed by atoms with Crippen molar-refractivity contribution in [1.82, 2.24) is 0 Å². The summed E-state index contributed by atoms with van der Waals surface area (Å²) in [4.78, 5) is 2.42. The van der Waals surface area contributed by atoms with Crippen LogP contribution in [0, 0.1) is 0 Å². The van der Waals surface area contributed by atoms with Crippen LogP contribution in [0.3, 0.4) is 0 Å². The van der Waals surface area contributed by atoms with Gasteiger partial charge in [0.2, 0.25) is 0 Å². The minimum Gasteiger partial charge on any atom is -0.249 e. The number of hydrogen-bond donors (Lipinski definition) is 0. The molecule has 6 aromatic rings. The first-order valence-corrected chi connectivity index (χ1v) is 32.8. The van der Waals surface area contributed by atoms with Crippen molar-refractivity contribution < 1.29 is 4.21 Å². The second-order valence-electron chi connectivity index (χ2n) is 15.2. The molecule has 6 heterocycles. The van der Waals surface area contributed by atoms with Crippen LogP contribution in [0.1, 0.15) is 0 Å². The van der Waals surface area contributed by atoms with Crippen LogP contribution >= 0.6 is 56.7 Å². The summed E-state index contributed by atoms with van der Waals surface area (Å²) < 4.78 is 30.0. The predicted molar refractivity (Wildman–Crippen MR) is 200 cm³/mol. The van der Waals surface area contributed by atoms with Crippen LogP contribution in [0.15, 0.2) is 9.79 Å². The highest BCUT2D eigenvalue weighted by atomic mass is 32.2. The van der Waals surface area contributed by atoms with Gasteiger partial charge in [0.15, 0.2) is 0 Å². The Morgan fingerprint density at radius 1 is 0.385 bits per heavy atom. The Bertz CT molecular complexity index is 1920. The summed E-state index contributed by atoms with van der Waals surface area (Å²) in [6.45, 7) is 29.8. The van der Waals surface area contributed by atoms with Gasteiger partial charge in [-0.05, 0) is 0 Å². The number of rotatable bonds is 4. The zero-order chi connectivity index (χ0) is 28.4. The lowest BCUT2D eigenvalue weighted by Crippen LogP contribution is -2.39. The topological polar surface area (TPSA) is 17.1 Å². The summed E-state index contributed by atoms with van der Waals surface area (Å²) in [6, 6.07) is 0. The van der Waals surface area contributed by atoms with Crippen LogP contribution in [-0.2, 0) is 10.8 Å². The second-order valence-corrected chi connectivity index (χ2v) is 43.1. The Morgan fingerprint density at radius 2 is 0.667 bits per heavy atom. The van der Waals surface area contributed by atoms with E-state index in [1.54, 1.807) is 29.2 Å². The molecule has 39 heavy (non-hydrogen) atoms. The largest absolute Gasteiger partial charge is 0.249 e. The van der Waals surface area contributed by atoms with Crippen LogP contribution in [0.5, 0.6) is 0 Å². The maximum absolute atomic E-state index is 14.7. The minimum absolute atomic E-state index is 1.08. The van der Waals surface area contributed by atoms with Gasteiger partial charge in [0.25, 0.3) is 0 Å². The molecule has 0 unspecified atom stereocenters. The number of hydrogen-bond acceptors (Lipinski definition) is 6. The smallest absolute Gasteiger partial charge is 0.0923 e. The molecule has 0 bridgehead atoms. The quantitative estimate of drug-likeness (QED) is 0.168. The zero-order valence-electron chi connectivity index (χ0n) is 24.9. The van der Waals surface area contributed by atoms with Gasteiger partial charge in [-0.2, -0.15) is 0 Å². The first-order valence-electron chi connectivity index (χ1n) is 13.6. The highest BCUT2D eigenvalue weighted by molar-refractivity contribution is 7.87. The third-order valence-electron chi connectivity index (χ3n) is 7.67. The summed E-state index contributed by atoms with van der Waals surface area (Å²) in [7, 11) is -7.61. The Hall–Kier alpha value is 0.0375. The average molecular weight is 693 g/mol. The maximum atomic E-state index is 14.7. The van der Waals surface area contributed by atoms with Crippen molar-refractivity contribution in [2.45, 2.75) is 88.4 Å². The molecule has 206 valence electrons. The molecule has 7 rings (SSSR count). The Balaban J connectivity index is 1.89. The second kappa shape index (κ2) is 8.15. The molecule has 0 spiro atoms. The molecule has 1 nitrogen and oxygen atoms in total. The van der Waals surface area contributed by atoms with E-state index in [2.05, 4.69) is 113 Å². The lowest BCUT2D eigenvalue weighted by atomic mass is 10.1. The molecule has 1 aliphatic rings. The summed E-state index contributed by atoms with van der Waals surface area (Å²) >= 11 is 10.4. The highest BCUT2D eigenvalue weighted by Gasteiger charge is 2.41. The summed E-state index contributed by atoms with van der Waals surface area (Å²) in [5.41, 5.74) is 0. The fraction of sp³-hybridized carbons (Fsp3) is 0.429. The first-order chi connectivity index (χ1) is 17.8. The fourth-order valence-corrected chi connectivity index (χ4v) is 27.7. The number of thiophene rings is 5. The average Bonchev–Trinajstić information content (AvgIpc) is 3.52. The SMILES string of the molecule is C[Si](C)(C)c1sc2c3sc([Si](C)(C)C)c4sc5c([Si](C)(C)C)sc(c6sc([Si](C)(C)C)c7c6c2c1S7=O)c5c43. The van der Waals surface area contributed by atoms with E-state index in [1.807, 2.05) is 22.7 Å². The zero-order valence-corrected chi connectivity index (χ0v) is 33.8. The molecule has 0 N–H and O–H groups in total. The fourth-order valence-electron chi connectivity index (χ4n) is 5.94. The van der Waals surface area contributed by atoms with Crippen molar-refractivity contribution >= 4 is 168 Å². The first kappa shape index (κ1) is 27.8. The lowest BCUT2D eigenvalue weighted by Gasteiger charge is -2.17. The van der Waals surface area contributed by atoms with E-state index in [0.29, 0.717) is 0 Å². The monoisotopic (exact) mass is 692 g/mol. The predicted octanol–water partition coefficient (Wildman–Crippen LogP) is 9.42. The van der Waals surface area contributed by atoms with Gasteiger partial charge in [-0.3, -0.25) is 0 Å². The molecule has 0 fully saturated rings. The normalized spacial score (nSPS) is 15.7. The van der Waals surface area contributed by atoms with Crippen LogP contribution in [0.2, 0.25) is 78.6 Å². The molecule has 1 aliphatic heterocycles. The third kappa shape index (κ3) is 3.67. The van der Waals surface area contributed by atoms with Crippen LogP contribution in [0.25, 0.3) is 49.7 Å². The van der Waals surface area contributed by atoms with Gasteiger partial charge in [0, 0.05) is 48.9 Å². The lowest BCUT2D eigenvalue weighted by molar-refractivity contribution is 0.686. The molecule has 0 saturated carbocycles. The van der Waals surface area contributed by atoms with Crippen molar-refractivity contribution in [2.75, 3.05) is 0 Å². The molecular weight excluding hydrogens is 657 g/mol. The molecule has 0 amide bonds. The van der Waals surface area contributed by atoms with Crippen LogP contribution in [0.4, 0.5) is 0 Å². The molecule has 11 heteroatoms. The summed E-state index contributed by atoms with van der Waals surface area (Å²) in [5, 5.41) is 5.85. The van der Waals surface area contributed by atoms with E-state index in [1.165, 1.54) is 48.4 Å². The van der Waals surface area contributed by atoms with Gasteiger partial charge in [-0.15, -0.1) is 56.7 Å². The van der Waals surface area contributed by atoms with Crippen molar-refractivity contribution in [3.05, 3.63) is 0 Å². The van der Waals surface area contributed by atoms with Gasteiger partial charge < -0.3 is 0 Å². The molecule has 0 aliphatic carbocycles. The van der Waals surface area contributed by atoms with Crippen molar-refractivity contribution in [3.8, 4) is 0 Å². The van der Waals surface area contributed by atoms with Crippen LogP contribution < -0.4 is 18.0 Å². The Morgan fingerprint density at radius 3 is 0.974 bits per heavy atom. The molecule has 5 aromatic heterocycles. The summed E-state index contributed by atoms with van der Waals surface area (Å²) in [5.74, 6) is 0. The Kier molecular flexibility index (Phi) is 5.82. The van der Waals surface area contributed by atoms with Crippen LogP contribution in [-0.4, -0.2) is 36.5 Å². The van der Waals surface area contributed by atoms with Gasteiger partial charge in [0.05, 0.1) is 71.7 Å². The van der Waals surface area contributed by atoms with E-state index in [0.717, 1.165) is 0 Å². The van der Waals surface area contributed by atoms with Crippen molar-refractivity contribution in [1.29, 1.82) is 0 Å². The standard InChI is InChI=1S/C28H36OS6Si4/c1-36(2,3)25-21-13-14-18(32-26(22(14)30-21)37(4,5)6)20-16-15-19(17(13)31-25)33-27(38(7,8)9)23(15)35(29)24(16)28(34-20)39(10,11)12/h1-12H3. The molecule has 0 radical (unpaired) electrons. The van der Waals surface area contributed by atoms with Gasteiger partial charge in [-0.1, -0.05) is 78.6 Å². The molecular formula is C28H36OS6Si4. The Labute approximate surface area is 257 Å². The highest BCUT2D eigenvalue weighted by Crippen LogP contribution is 2.55. The molecule has 0 saturated heterocycles. The van der Waals surface area contributed by atoms with E-state index in [4.69, 9.17) is 0 Å². The van der Waals surface area contributed by atoms with Gasteiger partial charge in [0.1, 0.15) is 0 Å². The maximum Gasteiger partial charge on any atom is 0.0923 e. The van der Waals surface area contributed by atoms with E-state index >= 15 is 0 Å².